The summed E-state index contributed by atoms with van der Waals surface area (Å²) in [6.45, 7) is 6.56. The molecule has 0 bridgehead atoms. The van der Waals surface area contributed by atoms with Gasteiger partial charge in [-0.05, 0) is 64.2 Å². The Labute approximate surface area is 358 Å². The standard InChI is InChI=1S/C52H92O6/c1-4-7-10-13-16-19-22-23-24-25-26-27-28-29-31-33-36-39-42-45-51(54)57-48-49(47-56-50(53)44-41-38-35-32-21-18-15-12-9-6-3)58-52(55)46-43-40-37-34-30-20-17-14-11-8-5-2/h16,19,23-24,26-27,29,31,49H,4-15,17-18,20-22,25,28,30,32-48H2,1-3H3/b19-16-,24-23-,27-26-,31-29-/t49-/m1/s1. The average molecular weight is 813 g/mol. The van der Waals surface area contributed by atoms with Crippen LogP contribution in [0, 0.1) is 0 Å². The van der Waals surface area contributed by atoms with E-state index in [1.165, 1.54) is 122 Å². The topological polar surface area (TPSA) is 78.9 Å². The second-order valence-electron chi connectivity index (χ2n) is 16.4. The van der Waals surface area contributed by atoms with Crippen molar-refractivity contribution in [2.45, 2.75) is 252 Å². The van der Waals surface area contributed by atoms with Crippen molar-refractivity contribution in [2.75, 3.05) is 13.2 Å². The Bertz CT molecular complexity index is 1030. The molecular weight excluding hydrogens is 721 g/mol. The molecule has 0 amide bonds. The van der Waals surface area contributed by atoms with E-state index in [-0.39, 0.29) is 31.1 Å². The number of ether oxygens (including phenoxy) is 3. The summed E-state index contributed by atoms with van der Waals surface area (Å²) in [5.41, 5.74) is 0. The summed E-state index contributed by atoms with van der Waals surface area (Å²) in [4.78, 5) is 37.8. The first-order chi connectivity index (χ1) is 28.5. The minimum absolute atomic E-state index is 0.0804. The average Bonchev–Trinajstić information content (AvgIpc) is 3.22. The van der Waals surface area contributed by atoms with Gasteiger partial charge in [-0.1, -0.05) is 211 Å². The smallest absolute Gasteiger partial charge is 0.306 e. The number of rotatable bonds is 44. The van der Waals surface area contributed by atoms with E-state index in [0.29, 0.717) is 19.3 Å². The van der Waals surface area contributed by atoms with Gasteiger partial charge in [0.2, 0.25) is 0 Å². The van der Waals surface area contributed by atoms with E-state index in [0.717, 1.165) is 83.5 Å². The Balaban J connectivity index is 4.37. The molecule has 336 valence electrons. The van der Waals surface area contributed by atoms with E-state index in [1.807, 2.05) is 0 Å². The van der Waals surface area contributed by atoms with E-state index in [9.17, 15) is 14.4 Å². The summed E-state index contributed by atoms with van der Waals surface area (Å²) in [6, 6.07) is 0. The van der Waals surface area contributed by atoms with Gasteiger partial charge in [-0.15, -0.1) is 0 Å². The zero-order chi connectivity index (χ0) is 42.3. The first-order valence-electron chi connectivity index (χ1n) is 24.6. The van der Waals surface area contributed by atoms with Crippen molar-refractivity contribution in [3.63, 3.8) is 0 Å². The van der Waals surface area contributed by atoms with Crippen molar-refractivity contribution in [1.29, 1.82) is 0 Å². The van der Waals surface area contributed by atoms with Crippen LogP contribution in [0.4, 0.5) is 0 Å². The fraction of sp³-hybridized carbons (Fsp3) is 0.788. The summed E-state index contributed by atoms with van der Waals surface area (Å²) in [6.07, 6.45) is 55.2. The predicted octanol–water partition coefficient (Wildman–Crippen LogP) is 15.9. The molecule has 0 aliphatic heterocycles. The fourth-order valence-corrected chi connectivity index (χ4v) is 6.84. The number of hydrogen-bond donors (Lipinski definition) is 0. The second kappa shape index (κ2) is 47.1. The number of unbranched alkanes of at least 4 members (excludes halogenated alkanes) is 25. The monoisotopic (exact) mass is 813 g/mol. The minimum atomic E-state index is -0.779. The number of carbonyl (C=O) groups excluding carboxylic acids is 3. The van der Waals surface area contributed by atoms with Gasteiger partial charge in [0.25, 0.3) is 0 Å². The van der Waals surface area contributed by atoms with Gasteiger partial charge in [0.1, 0.15) is 13.2 Å². The summed E-state index contributed by atoms with van der Waals surface area (Å²) in [7, 11) is 0. The first kappa shape index (κ1) is 55.4. The van der Waals surface area contributed by atoms with Crippen LogP contribution in [0.25, 0.3) is 0 Å². The Morgan fingerprint density at radius 2 is 0.621 bits per heavy atom. The van der Waals surface area contributed by atoms with Crippen LogP contribution in [0.15, 0.2) is 48.6 Å². The van der Waals surface area contributed by atoms with Crippen molar-refractivity contribution in [3.8, 4) is 0 Å². The van der Waals surface area contributed by atoms with Crippen LogP contribution in [0.1, 0.15) is 245 Å². The van der Waals surface area contributed by atoms with E-state index in [2.05, 4.69) is 69.4 Å². The van der Waals surface area contributed by atoms with Crippen molar-refractivity contribution in [1.82, 2.24) is 0 Å². The summed E-state index contributed by atoms with van der Waals surface area (Å²) in [5.74, 6) is -0.910. The van der Waals surface area contributed by atoms with Crippen molar-refractivity contribution < 1.29 is 28.6 Å². The molecule has 1 atom stereocenters. The molecule has 0 aromatic heterocycles. The minimum Gasteiger partial charge on any atom is -0.462 e. The van der Waals surface area contributed by atoms with Crippen LogP contribution in [0.2, 0.25) is 0 Å². The van der Waals surface area contributed by atoms with Crippen LogP contribution in [0.5, 0.6) is 0 Å². The van der Waals surface area contributed by atoms with Gasteiger partial charge >= 0.3 is 17.9 Å². The predicted molar refractivity (Wildman–Crippen MR) is 247 cm³/mol. The number of carbonyl (C=O) groups is 3. The van der Waals surface area contributed by atoms with Gasteiger partial charge in [-0.3, -0.25) is 14.4 Å². The fourth-order valence-electron chi connectivity index (χ4n) is 6.84. The number of allylic oxidation sites excluding steroid dienone is 8. The SMILES string of the molecule is CCCCC/C=C\C/C=C\C/C=C\C/C=C\CCCCCC(=O)OC[C@@H](COC(=O)CCCCCCCCCCCC)OC(=O)CCCCCCCCCCCCC. The Morgan fingerprint density at radius 1 is 0.345 bits per heavy atom. The Hall–Kier alpha value is -2.63. The van der Waals surface area contributed by atoms with E-state index in [1.54, 1.807) is 0 Å². The highest BCUT2D eigenvalue weighted by atomic mass is 16.6. The van der Waals surface area contributed by atoms with E-state index < -0.39 is 6.10 Å². The van der Waals surface area contributed by atoms with Crippen LogP contribution in [0.3, 0.4) is 0 Å². The summed E-state index contributed by atoms with van der Waals surface area (Å²) < 4.78 is 16.7. The molecule has 0 saturated heterocycles. The Morgan fingerprint density at radius 3 is 1.00 bits per heavy atom. The van der Waals surface area contributed by atoms with Crippen molar-refractivity contribution >= 4 is 17.9 Å². The third kappa shape index (κ3) is 44.5. The quantitative estimate of drug-likeness (QED) is 0.0264. The van der Waals surface area contributed by atoms with Gasteiger partial charge in [0.05, 0.1) is 0 Å². The molecule has 0 saturated carbocycles. The molecule has 0 aliphatic rings. The molecule has 0 spiro atoms. The molecule has 0 fully saturated rings. The number of hydrogen-bond acceptors (Lipinski definition) is 6. The molecule has 0 aromatic carbocycles. The molecule has 6 heteroatoms. The lowest BCUT2D eigenvalue weighted by molar-refractivity contribution is -0.167. The molecule has 6 nitrogen and oxygen atoms in total. The molecule has 0 unspecified atom stereocenters. The lowest BCUT2D eigenvalue weighted by Gasteiger charge is -2.18. The molecule has 0 aromatic rings. The van der Waals surface area contributed by atoms with E-state index >= 15 is 0 Å². The molecule has 0 heterocycles. The van der Waals surface area contributed by atoms with Crippen LogP contribution >= 0.6 is 0 Å². The molecular formula is C52H92O6. The highest BCUT2D eigenvalue weighted by Gasteiger charge is 2.19. The second-order valence-corrected chi connectivity index (χ2v) is 16.4. The largest absolute Gasteiger partial charge is 0.462 e. The van der Waals surface area contributed by atoms with Gasteiger partial charge in [0.15, 0.2) is 6.10 Å². The maximum Gasteiger partial charge on any atom is 0.306 e. The molecule has 0 N–H and O–H groups in total. The van der Waals surface area contributed by atoms with Crippen LogP contribution in [-0.4, -0.2) is 37.2 Å². The lowest BCUT2D eigenvalue weighted by atomic mass is 10.1. The van der Waals surface area contributed by atoms with Gasteiger partial charge in [-0.2, -0.15) is 0 Å². The van der Waals surface area contributed by atoms with Gasteiger partial charge in [0, 0.05) is 19.3 Å². The zero-order valence-corrected chi connectivity index (χ0v) is 38.3. The third-order valence-corrected chi connectivity index (χ3v) is 10.6. The molecule has 0 rings (SSSR count). The van der Waals surface area contributed by atoms with Crippen molar-refractivity contribution in [2.24, 2.45) is 0 Å². The molecule has 58 heavy (non-hydrogen) atoms. The highest BCUT2D eigenvalue weighted by Crippen LogP contribution is 2.14. The zero-order valence-electron chi connectivity index (χ0n) is 38.3. The van der Waals surface area contributed by atoms with Gasteiger partial charge < -0.3 is 14.2 Å². The lowest BCUT2D eigenvalue weighted by Crippen LogP contribution is -2.30. The van der Waals surface area contributed by atoms with Crippen molar-refractivity contribution in [3.05, 3.63) is 48.6 Å². The molecule has 0 radical (unpaired) electrons. The van der Waals surface area contributed by atoms with Crippen LogP contribution < -0.4 is 0 Å². The van der Waals surface area contributed by atoms with Gasteiger partial charge in [-0.25, -0.2) is 0 Å². The Kier molecular flexibility index (Phi) is 44.9. The summed E-state index contributed by atoms with van der Waals surface area (Å²) >= 11 is 0. The summed E-state index contributed by atoms with van der Waals surface area (Å²) in [5, 5.41) is 0. The van der Waals surface area contributed by atoms with E-state index in [4.69, 9.17) is 14.2 Å². The maximum atomic E-state index is 12.7. The molecule has 0 aliphatic carbocycles. The normalized spacial score (nSPS) is 12.4. The third-order valence-electron chi connectivity index (χ3n) is 10.6. The maximum absolute atomic E-state index is 12.7. The van der Waals surface area contributed by atoms with Crippen LogP contribution in [-0.2, 0) is 28.6 Å². The number of esters is 3. The highest BCUT2D eigenvalue weighted by molar-refractivity contribution is 5.71. The first-order valence-corrected chi connectivity index (χ1v) is 24.6.